The van der Waals surface area contributed by atoms with Crippen LogP contribution in [0.15, 0.2) is 24.3 Å². The maximum atomic E-state index is 11.4. The van der Waals surface area contributed by atoms with Crippen LogP contribution in [0.5, 0.6) is 0 Å². The maximum absolute atomic E-state index is 11.4. The number of carbonyl (C=O) groups excluding carboxylic acids is 1. The van der Waals surface area contributed by atoms with Crippen LogP contribution >= 0.6 is 0 Å². The van der Waals surface area contributed by atoms with Gasteiger partial charge < -0.3 is 5.32 Å². The van der Waals surface area contributed by atoms with Crippen LogP contribution in [-0.4, -0.2) is 5.91 Å². The topological polar surface area (TPSA) is 52.9 Å². The highest BCUT2D eigenvalue weighted by atomic mass is 16.1. The molecule has 90 valence electrons. The summed E-state index contributed by atoms with van der Waals surface area (Å²) in [5.74, 6) is -0.0707. The monoisotopic (exact) mass is 230 g/mol. The first-order valence-electron chi connectivity index (χ1n) is 5.99. The van der Waals surface area contributed by atoms with Crippen molar-refractivity contribution in [3.05, 3.63) is 35.4 Å². The van der Waals surface area contributed by atoms with Crippen molar-refractivity contribution in [3.63, 3.8) is 0 Å². The summed E-state index contributed by atoms with van der Waals surface area (Å²) in [6.07, 6.45) is 2.23. The van der Waals surface area contributed by atoms with E-state index in [1.54, 1.807) is 0 Å². The Labute approximate surface area is 102 Å². The minimum Gasteiger partial charge on any atom is -0.337 e. The average Bonchev–Trinajstić information content (AvgIpc) is 2.36. The molecule has 3 heteroatoms. The zero-order chi connectivity index (χ0) is 12.7. The van der Waals surface area contributed by atoms with E-state index in [9.17, 15) is 4.79 Å². The molecule has 1 aromatic carbocycles. The van der Waals surface area contributed by atoms with Crippen LogP contribution in [0.2, 0.25) is 0 Å². The highest BCUT2D eigenvalue weighted by molar-refractivity contribution is 5.76. The van der Waals surface area contributed by atoms with Gasteiger partial charge in [-0.05, 0) is 24.0 Å². The lowest BCUT2D eigenvalue weighted by molar-refractivity contribution is -0.121. The minimum atomic E-state index is -0.542. The van der Waals surface area contributed by atoms with Crippen LogP contribution in [0, 0.1) is 11.3 Å². The molecule has 1 aromatic rings. The third-order valence-electron chi connectivity index (χ3n) is 2.63. The fourth-order valence-electron chi connectivity index (χ4n) is 1.60. The summed E-state index contributed by atoms with van der Waals surface area (Å²) in [7, 11) is 0. The van der Waals surface area contributed by atoms with Crippen LogP contribution in [0.25, 0.3) is 0 Å². The Kier molecular flexibility index (Phi) is 5.22. The number of carbonyl (C=O) groups is 1. The number of hydrogen-bond acceptors (Lipinski definition) is 2. The van der Waals surface area contributed by atoms with E-state index >= 15 is 0 Å². The molecule has 0 radical (unpaired) electrons. The number of nitriles is 1. The normalized spacial score (nSPS) is 11.6. The molecule has 0 saturated heterocycles. The van der Waals surface area contributed by atoms with Crippen LogP contribution in [-0.2, 0) is 11.2 Å². The van der Waals surface area contributed by atoms with Crippen molar-refractivity contribution in [1.29, 1.82) is 5.26 Å². The second kappa shape index (κ2) is 6.70. The standard InChI is InChI=1S/C14H18N2O/c1-3-5-14(17)16-13(10-15)12-8-6-11(4-2)7-9-12/h6-9,13H,3-5H2,1-2H3,(H,16,17). The predicted octanol–water partition coefficient (Wildman–Crippen LogP) is 2.73. The van der Waals surface area contributed by atoms with Gasteiger partial charge in [0.05, 0.1) is 6.07 Å². The zero-order valence-electron chi connectivity index (χ0n) is 10.4. The van der Waals surface area contributed by atoms with Gasteiger partial charge in [-0.2, -0.15) is 5.26 Å². The van der Waals surface area contributed by atoms with Crippen molar-refractivity contribution >= 4 is 5.91 Å². The van der Waals surface area contributed by atoms with Crippen molar-refractivity contribution in [2.45, 2.75) is 39.2 Å². The number of benzene rings is 1. The third kappa shape index (κ3) is 3.92. The summed E-state index contributed by atoms with van der Waals surface area (Å²) in [6, 6.07) is 9.36. The quantitative estimate of drug-likeness (QED) is 0.845. The van der Waals surface area contributed by atoms with Gasteiger partial charge in [0.1, 0.15) is 6.04 Å². The van der Waals surface area contributed by atoms with E-state index in [2.05, 4.69) is 18.3 Å². The van der Waals surface area contributed by atoms with E-state index in [0.29, 0.717) is 6.42 Å². The molecule has 0 heterocycles. The van der Waals surface area contributed by atoms with Gasteiger partial charge in [0.2, 0.25) is 5.91 Å². The molecule has 0 aliphatic rings. The molecular weight excluding hydrogens is 212 g/mol. The molecule has 0 spiro atoms. The first-order valence-corrected chi connectivity index (χ1v) is 5.99. The van der Waals surface area contributed by atoms with Gasteiger partial charge in [0.25, 0.3) is 0 Å². The lowest BCUT2D eigenvalue weighted by atomic mass is 10.0. The zero-order valence-corrected chi connectivity index (χ0v) is 10.4. The van der Waals surface area contributed by atoms with E-state index in [4.69, 9.17) is 5.26 Å². The number of hydrogen-bond donors (Lipinski definition) is 1. The van der Waals surface area contributed by atoms with Crippen LogP contribution < -0.4 is 5.32 Å². The Hall–Kier alpha value is -1.82. The molecule has 1 amide bonds. The van der Waals surface area contributed by atoms with Gasteiger partial charge >= 0.3 is 0 Å². The number of nitrogens with one attached hydrogen (secondary N) is 1. The minimum absolute atomic E-state index is 0.0707. The Morgan fingerprint density at radius 1 is 1.35 bits per heavy atom. The smallest absolute Gasteiger partial charge is 0.221 e. The molecule has 0 saturated carbocycles. The van der Waals surface area contributed by atoms with Crippen LogP contribution in [0.4, 0.5) is 0 Å². The van der Waals surface area contributed by atoms with E-state index in [1.165, 1.54) is 5.56 Å². The maximum Gasteiger partial charge on any atom is 0.221 e. The molecule has 17 heavy (non-hydrogen) atoms. The Bertz CT molecular complexity index is 403. The highest BCUT2D eigenvalue weighted by Crippen LogP contribution is 2.14. The second-order valence-electron chi connectivity index (χ2n) is 3.97. The molecule has 0 aliphatic carbocycles. The molecule has 1 N–H and O–H groups in total. The lowest BCUT2D eigenvalue weighted by Crippen LogP contribution is -2.27. The summed E-state index contributed by atoms with van der Waals surface area (Å²) < 4.78 is 0. The number of amides is 1. The molecule has 0 bridgehead atoms. The molecular formula is C14H18N2O. The van der Waals surface area contributed by atoms with Gasteiger partial charge in [-0.25, -0.2) is 0 Å². The summed E-state index contributed by atoms with van der Waals surface area (Å²) in [5.41, 5.74) is 2.07. The first kappa shape index (κ1) is 13.2. The van der Waals surface area contributed by atoms with Gasteiger partial charge in [-0.1, -0.05) is 38.1 Å². The molecule has 0 fully saturated rings. The van der Waals surface area contributed by atoms with E-state index in [-0.39, 0.29) is 5.91 Å². The second-order valence-corrected chi connectivity index (χ2v) is 3.97. The van der Waals surface area contributed by atoms with Crippen molar-refractivity contribution in [3.8, 4) is 6.07 Å². The molecule has 1 atom stereocenters. The number of rotatable bonds is 5. The molecule has 1 rings (SSSR count). The Morgan fingerprint density at radius 2 is 2.00 bits per heavy atom. The SMILES string of the molecule is CCCC(=O)NC(C#N)c1ccc(CC)cc1. The molecule has 3 nitrogen and oxygen atoms in total. The van der Waals surface area contributed by atoms with Gasteiger partial charge in [0.15, 0.2) is 0 Å². The Morgan fingerprint density at radius 3 is 2.47 bits per heavy atom. The fraction of sp³-hybridized carbons (Fsp3) is 0.429. The largest absolute Gasteiger partial charge is 0.337 e. The fourth-order valence-corrected chi connectivity index (χ4v) is 1.60. The molecule has 0 aliphatic heterocycles. The summed E-state index contributed by atoms with van der Waals surface area (Å²) >= 11 is 0. The predicted molar refractivity (Wildman–Crippen MR) is 67.2 cm³/mol. The van der Waals surface area contributed by atoms with Crippen molar-refractivity contribution in [2.75, 3.05) is 0 Å². The number of aryl methyl sites for hydroxylation is 1. The average molecular weight is 230 g/mol. The van der Waals surface area contributed by atoms with E-state index in [1.807, 2.05) is 31.2 Å². The van der Waals surface area contributed by atoms with Crippen molar-refractivity contribution < 1.29 is 4.79 Å². The van der Waals surface area contributed by atoms with Crippen molar-refractivity contribution in [1.82, 2.24) is 5.32 Å². The molecule has 0 aromatic heterocycles. The number of nitrogens with zero attached hydrogens (tertiary/aromatic N) is 1. The summed E-state index contributed by atoms with van der Waals surface area (Å²) in [5, 5.41) is 11.8. The van der Waals surface area contributed by atoms with Crippen LogP contribution in [0.1, 0.15) is 43.9 Å². The van der Waals surface area contributed by atoms with Crippen LogP contribution in [0.3, 0.4) is 0 Å². The lowest BCUT2D eigenvalue weighted by Gasteiger charge is -2.12. The van der Waals surface area contributed by atoms with Gasteiger partial charge in [0, 0.05) is 6.42 Å². The van der Waals surface area contributed by atoms with Gasteiger partial charge in [-0.15, -0.1) is 0 Å². The van der Waals surface area contributed by atoms with E-state index in [0.717, 1.165) is 18.4 Å². The van der Waals surface area contributed by atoms with Crippen molar-refractivity contribution in [2.24, 2.45) is 0 Å². The molecule has 1 unspecified atom stereocenters. The van der Waals surface area contributed by atoms with Gasteiger partial charge in [-0.3, -0.25) is 4.79 Å². The Balaban J connectivity index is 2.73. The van der Waals surface area contributed by atoms with E-state index < -0.39 is 6.04 Å². The summed E-state index contributed by atoms with van der Waals surface area (Å²) in [4.78, 5) is 11.4. The first-order chi connectivity index (χ1) is 8.21. The third-order valence-corrected chi connectivity index (χ3v) is 2.63. The summed E-state index contributed by atoms with van der Waals surface area (Å²) in [6.45, 7) is 4.02. The highest BCUT2D eigenvalue weighted by Gasteiger charge is 2.12.